The molecule has 0 amide bonds. The predicted octanol–water partition coefficient (Wildman–Crippen LogP) is 2.43. The maximum Gasteiger partial charge on any atom is 0.0362 e. The van der Waals surface area contributed by atoms with Crippen LogP contribution in [0.1, 0.15) is 25.7 Å². The molecule has 0 heterocycles. The van der Waals surface area contributed by atoms with Crippen LogP contribution in [0.3, 0.4) is 0 Å². The van der Waals surface area contributed by atoms with Crippen LogP contribution < -0.4 is 16.0 Å². The van der Waals surface area contributed by atoms with Gasteiger partial charge in [-0.3, -0.25) is 0 Å². The van der Waals surface area contributed by atoms with E-state index in [9.17, 15) is 0 Å². The number of anilines is 2. The average Bonchev–Trinajstić information content (AvgIpc) is 2.33. The third-order valence-electron chi connectivity index (χ3n) is 3.53. The quantitative estimate of drug-likeness (QED) is 0.842. The van der Waals surface area contributed by atoms with Crippen LogP contribution in [0.25, 0.3) is 0 Å². The first-order chi connectivity index (χ1) is 8.15. The van der Waals surface area contributed by atoms with Gasteiger partial charge in [-0.05, 0) is 49.9 Å². The Morgan fingerprint density at radius 2 is 1.65 bits per heavy atom. The van der Waals surface area contributed by atoms with Crippen LogP contribution >= 0.6 is 0 Å². The summed E-state index contributed by atoms with van der Waals surface area (Å²) in [6.45, 7) is 0. The molecule has 1 aliphatic carbocycles. The van der Waals surface area contributed by atoms with Crippen molar-refractivity contribution >= 4 is 11.4 Å². The molecular formula is C14H23N3. The van der Waals surface area contributed by atoms with Gasteiger partial charge in [-0.1, -0.05) is 0 Å². The van der Waals surface area contributed by atoms with Crippen LogP contribution in [0, 0.1) is 0 Å². The molecule has 0 aromatic heterocycles. The van der Waals surface area contributed by atoms with E-state index in [1.54, 1.807) is 0 Å². The lowest BCUT2D eigenvalue weighted by Crippen LogP contribution is -2.32. The minimum absolute atomic E-state index is 0.421. The second kappa shape index (κ2) is 5.41. The first-order valence-electron chi connectivity index (χ1n) is 6.44. The van der Waals surface area contributed by atoms with Crippen molar-refractivity contribution in [1.82, 2.24) is 0 Å². The summed E-state index contributed by atoms with van der Waals surface area (Å²) in [5, 5.41) is 3.59. The number of nitrogens with one attached hydrogen (secondary N) is 1. The molecule has 3 heteroatoms. The molecular weight excluding hydrogens is 210 g/mol. The number of hydrogen-bond acceptors (Lipinski definition) is 3. The lowest BCUT2D eigenvalue weighted by molar-refractivity contribution is 0.411. The summed E-state index contributed by atoms with van der Waals surface area (Å²) in [4.78, 5) is 2.11. The molecule has 17 heavy (non-hydrogen) atoms. The molecule has 1 fully saturated rings. The Balaban J connectivity index is 1.90. The second-order valence-corrected chi connectivity index (χ2v) is 5.20. The second-order valence-electron chi connectivity index (χ2n) is 5.20. The fraction of sp³-hybridized carbons (Fsp3) is 0.571. The maximum atomic E-state index is 5.91. The number of hydrogen-bond donors (Lipinski definition) is 2. The average molecular weight is 233 g/mol. The van der Waals surface area contributed by atoms with E-state index in [-0.39, 0.29) is 0 Å². The van der Waals surface area contributed by atoms with Gasteiger partial charge in [0.1, 0.15) is 0 Å². The Morgan fingerprint density at radius 1 is 1.06 bits per heavy atom. The highest BCUT2D eigenvalue weighted by Gasteiger charge is 2.17. The predicted molar refractivity (Wildman–Crippen MR) is 74.6 cm³/mol. The highest BCUT2D eigenvalue weighted by Crippen LogP contribution is 2.22. The van der Waals surface area contributed by atoms with Crippen molar-refractivity contribution < 1.29 is 0 Å². The van der Waals surface area contributed by atoms with Crippen LogP contribution in [0.15, 0.2) is 24.3 Å². The topological polar surface area (TPSA) is 41.3 Å². The van der Waals surface area contributed by atoms with Crippen molar-refractivity contribution in [1.29, 1.82) is 0 Å². The molecule has 3 nitrogen and oxygen atoms in total. The zero-order chi connectivity index (χ0) is 12.3. The molecule has 1 saturated carbocycles. The molecule has 1 aliphatic rings. The molecule has 3 N–H and O–H groups in total. The molecule has 0 radical (unpaired) electrons. The first-order valence-corrected chi connectivity index (χ1v) is 6.44. The number of nitrogens with zero attached hydrogens (tertiary/aromatic N) is 1. The molecule has 2 rings (SSSR count). The van der Waals surface area contributed by atoms with E-state index in [0.29, 0.717) is 12.1 Å². The van der Waals surface area contributed by atoms with E-state index in [0.717, 1.165) is 12.8 Å². The van der Waals surface area contributed by atoms with Crippen molar-refractivity contribution in [2.75, 3.05) is 24.3 Å². The molecule has 0 unspecified atom stereocenters. The largest absolute Gasteiger partial charge is 0.382 e. The molecule has 0 atom stereocenters. The SMILES string of the molecule is CN(C)c1ccc(NC2CCC(N)CC2)cc1. The van der Waals surface area contributed by atoms with Gasteiger partial charge in [0.25, 0.3) is 0 Å². The van der Waals surface area contributed by atoms with Gasteiger partial charge in [-0.25, -0.2) is 0 Å². The molecule has 0 aliphatic heterocycles. The molecule has 0 bridgehead atoms. The van der Waals surface area contributed by atoms with Gasteiger partial charge >= 0.3 is 0 Å². The van der Waals surface area contributed by atoms with Crippen LogP contribution in [-0.2, 0) is 0 Å². The Labute approximate surface area is 104 Å². The lowest BCUT2D eigenvalue weighted by atomic mass is 9.91. The summed E-state index contributed by atoms with van der Waals surface area (Å²) in [6.07, 6.45) is 4.67. The van der Waals surface area contributed by atoms with Gasteiger partial charge in [0.05, 0.1) is 0 Å². The smallest absolute Gasteiger partial charge is 0.0362 e. The summed E-state index contributed by atoms with van der Waals surface area (Å²) < 4.78 is 0. The Morgan fingerprint density at radius 3 is 2.18 bits per heavy atom. The summed E-state index contributed by atoms with van der Waals surface area (Å²) in [5.41, 5.74) is 8.37. The number of benzene rings is 1. The Kier molecular flexibility index (Phi) is 3.89. The maximum absolute atomic E-state index is 5.91. The van der Waals surface area contributed by atoms with Gasteiger partial charge in [0.2, 0.25) is 0 Å². The number of rotatable bonds is 3. The molecule has 0 saturated heterocycles. The van der Waals surface area contributed by atoms with Gasteiger partial charge in [0.15, 0.2) is 0 Å². The van der Waals surface area contributed by atoms with Crippen molar-refractivity contribution in [3.8, 4) is 0 Å². The van der Waals surface area contributed by atoms with Crippen molar-refractivity contribution in [3.63, 3.8) is 0 Å². The lowest BCUT2D eigenvalue weighted by Gasteiger charge is -2.27. The fourth-order valence-corrected chi connectivity index (χ4v) is 2.36. The van der Waals surface area contributed by atoms with E-state index in [1.165, 1.54) is 24.2 Å². The highest BCUT2D eigenvalue weighted by atomic mass is 15.1. The minimum atomic E-state index is 0.421. The Bertz CT molecular complexity index is 337. The molecule has 1 aromatic carbocycles. The molecule has 0 spiro atoms. The van der Waals surface area contributed by atoms with E-state index in [2.05, 4.69) is 48.6 Å². The zero-order valence-corrected chi connectivity index (χ0v) is 10.8. The monoisotopic (exact) mass is 233 g/mol. The van der Waals surface area contributed by atoms with Gasteiger partial charge in [-0.15, -0.1) is 0 Å². The van der Waals surface area contributed by atoms with Crippen molar-refractivity contribution in [2.24, 2.45) is 5.73 Å². The van der Waals surface area contributed by atoms with Crippen LogP contribution in [-0.4, -0.2) is 26.2 Å². The normalized spacial score (nSPS) is 24.4. The summed E-state index contributed by atoms with van der Waals surface area (Å²) in [5.74, 6) is 0. The fourth-order valence-electron chi connectivity index (χ4n) is 2.36. The van der Waals surface area contributed by atoms with Gasteiger partial charge in [0, 0.05) is 37.6 Å². The van der Waals surface area contributed by atoms with E-state index in [1.807, 2.05) is 0 Å². The van der Waals surface area contributed by atoms with Gasteiger partial charge < -0.3 is 16.0 Å². The van der Waals surface area contributed by atoms with Crippen molar-refractivity contribution in [2.45, 2.75) is 37.8 Å². The number of nitrogens with two attached hydrogens (primary N) is 1. The Hall–Kier alpha value is -1.22. The minimum Gasteiger partial charge on any atom is -0.382 e. The van der Waals surface area contributed by atoms with Crippen LogP contribution in [0.2, 0.25) is 0 Å². The highest BCUT2D eigenvalue weighted by molar-refractivity contribution is 5.54. The summed E-state index contributed by atoms with van der Waals surface area (Å²) in [7, 11) is 4.12. The first kappa shape index (κ1) is 12.2. The van der Waals surface area contributed by atoms with E-state index < -0.39 is 0 Å². The molecule has 94 valence electrons. The third-order valence-corrected chi connectivity index (χ3v) is 3.53. The van der Waals surface area contributed by atoms with E-state index >= 15 is 0 Å². The van der Waals surface area contributed by atoms with Crippen LogP contribution in [0.5, 0.6) is 0 Å². The summed E-state index contributed by atoms with van der Waals surface area (Å²) in [6, 6.07) is 9.63. The summed E-state index contributed by atoms with van der Waals surface area (Å²) >= 11 is 0. The standard InChI is InChI=1S/C14H23N3/c1-17(2)14-9-7-13(8-10-14)16-12-5-3-11(15)4-6-12/h7-12,16H,3-6,15H2,1-2H3. The molecule has 1 aromatic rings. The van der Waals surface area contributed by atoms with Crippen molar-refractivity contribution in [3.05, 3.63) is 24.3 Å². The van der Waals surface area contributed by atoms with Crippen LogP contribution in [0.4, 0.5) is 11.4 Å². The third kappa shape index (κ3) is 3.37. The zero-order valence-electron chi connectivity index (χ0n) is 10.8. The van der Waals surface area contributed by atoms with E-state index in [4.69, 9.17) is 5.73 Å². The van der Waals surface area contributed by atoms with Gasteiger partial charge in [-0.2, -0.15) is 0 Å².